The first-order valence-corrected chi connectivity index (χ1v) is 7.03. The van der Waals surface area contributed by atoms with Crippen LogP contribution in [0.3, 0.4) is 0 Å². The van der Waals surface area contributed by atoms with Gasteiger partial charge in [-0.2, -0.15) is 0 Å². The fourth-order valence-corrected chi connectivity index (χ4v) is 2.46. The number of benzene rings is 1. The lowest BCUT2D eigenvalue weighted by Crippen LogP contribution is -1.98. The molecular weight excluding hydrogens is 295 g/mol. The molecular formula is C15H16Cl2N2O. The van der Waals surface area contributed by atoms with Crippen molar-refractivity contribution < 1.29 is 4.74 Å². The fourth-order valence-electron chi connectivity index (χ4n) is 1.85. The second kappa shape index (κ2) is 5.90. The molecule has 106 valence electrons. The van der Waals surface area contributed by atoms with Crippen LogP contribution < -0.4 is 10.5 Å². The molecule has 0 aliphatic rings. The Labute approximate surface area is 128 Å². The van der Waals surface area contributed by atoms with Gasteiger partial charge in [-0.05, 0) is 42.2 Å². The third-order valence-electron chi connectivity index (χ3n) is 2.97. The molecule has 20 heavy (non-hydrogen) atoms. The van der Waals surface area contributed by atoms with Crippen molar-refractivity contribution in [3.63, 3.8) is 0 Å². The van der Waals surface area contributed by atoms with Gasteiger partial charge in [0.2, 0.25) is 5.88 Å². The van der Waals surface area contributed by atoms with E-state index in [0.29, 0.717) is 28.3 Å². The van der Waals surface area contributed by atoms with E-state index in [4.69, 9.17) is 33.7 Å². The summed E-state index contributed by atoms with van der Waals surface area (Å²) in [4.78, 5) is 4.10. The molecule has 0 unspecified atom stereocenters. The van der Waals surface area contributed by atoms with Gasteiger partial charge in [0.15, 0.2) is 0 Å². The van der Waals surface area contributed by atoms with Gasteiger partial charge in [0.25, 0.3) is 0 Å². The van der Waals surface area contributed by atoms with Gasteiger partial charge in [-0.3, -0.25) is 0 Å². The van der Waals surface area contributed by atoms with Crippen molar-refractivity contribution in [1.82, 2.24) is 4.98 Å². The topological polar surface area (TPSA) is 48.1 Å². The Kier molecular flexibility index (Phi) is 4.41. The van der Waals surface area contributed by atoms with E-state index in [0.717, 1.165) is 16.1 Å². The zero-order chi connectivity index (χ0) is 14.9. The zero-order valence-corrected chi connectivity index (χ0v) is 13.1. The Morgan fingerprint density at radius 3 is 2.50 bits per heavy atom. The van der Waals surface area contributed by atoms with E-state index in [2.05, 4.69) is 18.8 Å². The maximum atomic E-state index is 6.24. The quantitative estimate of drug-likeness (QED) is 0.848. The minimum atomic E-state index is 0.306. The molecule has 5 heteroatoms. The second-order valence-corrected chi connectivity index (χ2v) is 5.79. The number of halogens is 2. The van der Waals surface area contributed by atoms with Crippen molar-refractivity contribution in [1.29, 1.82) is 0 Å². The number of nitrogens with two attached hydrogens (primary N) is 1. The van der Waals surface area contributed by atoms with E-state index in [-0.39, 0.29) is 0 Å². The normalized spacial score (nSPS) is 10.9. The summed E-state index contributed by atoms with van der Waals surface area (Å²) < 4.78 is 5.79. The number of ether oxygens (including phenoxy) is 1. The van der Waals surface area contributed by atoms with Crippen LogP contribution >= 0.6 is 23.2 Å². The highest BCUT2D eigenvalue weighted by atomic mass is 35.5. The first-order chi connectivity index (χ1) is 9.38. The minimum Gasteiger partial charge on any atom is -0.437 e. The monoisotopic (exact) mass is 310 g/mol. The maximum Gasteiger partial charge on any atom is 0.242 e. The summed E-state index contributed by atoms with van der Waals surface area (Å²) in [7, 11) is 0. The Bertz CT molecular complexity index is 642. The molecule has 0 aliphatic heterocycles. The molecule has 1 aromatic heterocycles. The van der Waals surface area contributed by atoms with Gasteiger partial charge in [-0.15, -0.1) is 0 Å². The van der Waals surface area contributed by atoms with E-state index in [1.165, 1.54) is 6.20 Å². The third-order valence-corrected chi connectivity index (χ3v) is 3.50. The van der Waals surface area contributed by atoms with Crippen molar-refractivity contribution in [3.8, 4) is 11.6 Å². The number of hydrogen-bond acceptors (Lipinski definition) is 3. The van der Waals surface area contributed by atoms with Gasteiger partial charge in [-0.1, -0.05) is 37.0 Å². The van der Waals surface area contributed by atoms with Crippen LogP contribution in [-0.4, -0.2) is 4.98 Å². The van der Waals surface area contributed by atoms with Gasteiger partial charge in [-0.25, -0.2) is 4.98 Å². The van der Waals surface area contributed by atoms with Crippen LogP contribution in [-0.2, 0) is 0 Å². The standard InChI is InChI=1S/C15H16Cl2N2O/c1-8(2)11-6-14(9(3)4-12(11)17)20-15-13(18)5-10(16)7-19-15/h4-8H,18H2,1-3H3. The van der Waals surface area contributed by atoms with Crippen LogP contribution in [0.2, 0.25) is 10.0 Å². The largest absolute Gasteiger partial charge is 0.437 e. The molecule has 3 nitrogen and oxygen atoms in total. The lowest BCUT2D eigenvalue weighted by molar-refractivity contribution is 0.461. The molecule has 0 aliphatic carbocycles. The molecule has 0 bridgehead atoms. The molecule has 1 heterocycles. The molecule has 0 saturated heterocycles. The van der Waals surface area contributed by atoms with Crippen LogP contribution in [0, 0.1) is 6.92 Å². The highest BCUT2D eigenvalue weighted by Gasteiger charge is 2.12. The number of pyridine rings is 1. The molecule has 0 amide bonds. The molecule has 2 rings (SSSR count). The Hall–Kier alpha value is -1.45. The minimum absolute atomic E-state index is 0.306. The molecule has 1 aromatic carbocycles. The highest BCUT2D eigenvalue weighted by Crippen LogP contribution is 2.35. The summed E-state index contributed by atoms with van der Waals surface area (Å²) in [6, 6.07) is 5.43. The predicted molar refractivity (Wildman–Crippen MR) is 84.0 cm³/mol. The number of anilines is 1. The maximum absolute atomic E-state index is 6.24. The van der Waals surface area contributed by atoms with Crippen LogP contribution in [0.15, 0.2) is 24.4 Å². The van der Waals surface area contributed by atoms with Gasteiger partial charge in [0.05, 0.1) is 10.7 Å². The van der Waals surface area contributed by atoms with Crippen LogP contribution in [0.1, 0.15) is 30.9 Å². The summed E-state index contributed by atoms with van der Waals surface area (Å²) in [5.41, 5.74) is 8.20. The Morgan fingerprint density at radius 2 is 1.90 bits per heavy atom. The number of nitrogen functional groups attached to an aromatic ring is 1. The number of rotatable bonds is 3. The molecule has 0 radical (unpaired) electrons. The van der Waals surface area contributed by atoms with Crippen LogP contribution in [0.4, 0.5) is 5.69 Å². The average Bonchev–Trinajstić information content (AvgIpc) is 2.35. The van der Waals surface area contributed by atoms with Crippen molar-refractivity contribution in [2.24, 2.45) is 0 Å². The second-order valence-electron chi connectivity index (χ2n) is 4.94. The van der Waals surface area contributed by atoms with Crippen LogP contribution in [0.5, 0.6) is 11.6 Å². The van der Waals surface area contributed by atoms with Gasteiger partial charge >= 0.3 is 0 Å². The van der Waals surface area contributed by atoms with E-state index < -0.39 is 0 Å². The zero-order valence-electron chi connectivity index (χ0n) is 11.6. The smallest absolute Gasteiger partial charge is 0.242 e. The summed E-state index contributed by atoms with van der Waals surface area (Å²) in [5.74, 6) is 1.34. The molecule has 0 atom stereocenters. The van der Waals surface area contributed by atoms with Crippen molar-refractivity contribution >= 4 is 28.9 Å². The Balaban J connectivity index is 2.40. The lowest BCUT2D eigenvalue weighted by atomic mass is 10.0. The van der Waals surface area contributed by atoms with Crippen molar-refractivity contribution in [3.05, 3.63) is 45.6 Å². The van der Waals surface area contributed by atoms with Crippen molar-refractivity contribution in [2.45, 2.75) is 26.7 Å². The van der Waals surface area contributed by atoms with Crippen molar-refractivity contribution in [2.75, 3.05) is 5.73 Å². The van der Waals surface area contributed by atoms with Gasteiger partial charge in [0.1, 0.15) is 5.75 Å². The summed E-state index contributed by atoms with van der Waals surface area (Å²) in [5, 5.41) is 1.22. The summed E-state index contributed by atoms with van der Waals surface area (Å²) >= 11 is 12.1. The molecule has 0 fully saturated rings. The summed E-state index contributed by atoms with van der Waals surface area (Å²) in [6.07, 6.45) is 1.50. The fraction of sp³-hybridized carbons (Fsp3) is 0.267. The number of aromatic nitrogens is 1. The predicted octanol–water partition coefficient (Wildman–Crippen LogP) is 5.19. The van der Waals surface area contributed by atoms with Gasteiger partial charge in [0, 0.05) is 11.2 Å². The summed E-state index contributed by atoms with van der Waals surface area (Å²) in [6.45, 7) is 6.09. The number of aryl methyl sites for hydroxylation is 1. The van der Waals surface area contributed by atoms with E-state index in [9.17, 15) is 0 Å². The SMILES string of the molecule is Cc1cc(Cl)c(C(C)C)cc1Oc1ncc(Cl)cc1N. The molecule has 2 aromatic rings. The van der Waals surface area contributed by atoms with Gasteiger partial charge < -0.3 is 10.5 Å². The van der Waals surface area contributed by atoms with E-state index in [1.807, 2.05) is 19.1 Å². The highest BCUT2D eigenvalue weighted by molar-refractivity contribution is 6.31. The average molecular weight is 311 g/mol. The molecule has 2 N–H and O–H groups in total. The van der Waals surface area contributed by atoms with E-state index in [1.54, 1.807) is 6.07 Å². The first kappa shape index (κ1) is 14.9. The molecule has 0 spiro atoms. The molecule has 0 saturated carbocycles. The number of nitrogens with zero attached hydrogens (tertiary/aromatic N) is 1. The lowest BCUT2D eigenvalue weighted by Gasteiger charge is -2.14. The van der Waals surface area contributed by atoms with Crippen LogP contribution in [0.25, 0.3) is 0 Å². The Morgan fingerprint density at radius 1 is 1.20 bits per heavy atom. The first-order valence-electron chi connectivity index (χ1n) is 6.27. The number of hydrogen-bond donors (Lipinski definition) is 1. The van der Waals surface area contributed by atoms with E-state index >= 15 is 0 Å². The third kappa shape index (κ3) is 3.17.